The summed E-state index contributed by atoms with van der Waals surface area (Å²) in [6.07, 6.45) is 9.29. The van der Waals surface area contributed by atoms with E-state index in [0.29, 0.717) is 35.9 Å². The number of carbonyl (C=O) groups excluding carboxylic acids is 2. The first-order valence-corrected chi connectivity index (χ1v) is 11.9. The van der Waals surface area contributed by atoms with E-state index in [4.69, 9.17) is 0 Å². The van der Waals surface area contributed by atoms with Gasteiger partial charge in [0.05, 0.1) is 0 Å². The zero-order valence-electron chi connectivity index (χ0n) is 19.0. The number of hydrogen-bond donors (Lipinski definition) is 0. The lowest BCUT2D eigenvalue weighted by molar-refractivity contribution is -0.114. The Kier molecular flexibility index (Phi) is 5.04. The molecule has 0 unspecified atom stereocenters. The molecule has 2 saturated carbocycles. The zero-order chi connectivity index (χ0) is 21.8. The van der Waals surface area contributed by atoms with Gasteiger partial charge in [-0.3, -0.25) is 9.59 Å². The van der Waals surface area contributed by atoms with E-state index in [-0.39, 0.29) is 11.2 Å². The summed E-state index contributed by atoms with van der Waals surface area (Å²) in [5.74, 6) is 9.31. The molecule has 1 aromatic rings. The summed E-state index contributed by atoms with van der Waals surface area (Å²) in [5, 5.41) is 0. The molecule has 1 aromatic carbocycles. The molecule has 0 radical (unpaired) electrons. The van der Waals surface area contributed by atoms with Gasteiger partial charge in [0, 0.05) is 23.8 Å². The van der Waals surface area contributed by atoms with E-state index < -0.39 is 0 Å². The van der Waals surface area contributed by atoms with Gasteiger partial charge in [-0.2, -0.15) is 0 Å². The Labute approximate surface area is 186 Å². The molecular formula is C29H32O2. The van der Waals surface area contributed by atoms with Crippen LogP contribution >= 0.6 is 0 Å². The fourth-order valence-corrected chi connectivity index (χ4v) is 7.32. The molecule has 5 rings (SSSR count). The summed E-state index contributed by atoms with van der Waals surface area (Å²) in [5.41, 5.74) is 6.75. The predicted molar refractivity (Wildman–Crippen MR) is 124 cm³/mol. The molecule has 0 heterocycles. The van der Waals surface area contributed by atoms with Gasteiger partial charge in [0.2, 0.25) is 0 Å². The lowest BCUT2D eigenvalue weighted by atomic mass is 9.52. The number of benzene rings is 1. The summed E-state index contributed by atoms with van der Waals surface area (Å²) in [6, 6.07) is 8.34. The van der Waals surface area contributed by atoms with Crippen molar-refractivity contribution in [3.63, 3.8) is 0 Å². The lowest BCUT2D eigenvalue weighted by Crippen LogP contribution is -2.43. The fraction of sp³-hybridized carbons (Fsp3) is 0.517. The Balaban J connectivity index is 1.65. The number of hydrogen-bond acceptors (Lipinski definition) is 2. The zero-order valence-corrected chi connectivity index (χ0v) is 19.0. The van der Waals surface area contributed by atoms with Crippen LogP contribution in [-0.4, -0.2) is 11.6 Å². The summed E-state index contributed by atoms with van der Waals surface area (Å²) in [6.45, 7) is 6.10. The number of Topliss-reactive ketones (excluding diaryl/α,β-unsaturated/α-hetero) is 1. The quantitative estimate of drug-likeness (QED) is 0.414. The van der Waals surface area contributed by atoms with E-state index >= 15 is 0 Å². The molecule has 2 heteroatoms. The molecule has 4 aliphatic rings. The second-order valence-corrected chi connectivity index (χ2v) is 10.3. The van der Waals surface area contributed by atoms with E-state index in [1.165, 1.54) is 29.6 Å². The largest absolute Gasteiger partial charge is 0.295 e. The molecule has 0 amide bonds. The van der Waals surface area contributed by atoms with Crippen LogP contribution in [0.3, 0.4) is 0 Å². The topological polar surface area (TPSA) is 34.1 Å². The third-order valence-corrected chi connectivity index (χ3v) is 8.77. The number of ketones is 2. The third-order valence-electron chi connectivity index (χ3n) is 8.77. The van der Waals surface area contributed by atoms with E-state index in [9.17, 15) is 9.59 Å². The van der Waals surface area contributed by atoms with Crippen molar-refractivity contribution in [2.24, 2.45) is 23.2 Å². The second-order valence-electron chi connectivity index (χ2n) is 10.3. The Hall–Kier alpha value is -2.40. The standard InChI is InChI=1S/C29H32O2/c1-4-5-22-11-15-27-25-13-10-21-16-23(31)12-14-24(21)28(25)26(17-29(22,27)3)20-8-6-19(7-9-20)18(2)30/h6-9,16,22,25-27H,10-15,17H2,1-3H3/t22-,25-,26+,27-,29+/m0/s1. The molecule has 0 saturated heterocycles. The van der Waals surface area contributed by atoms with Gasteiger partial charge in [-0.05, 0) is 92.4 Å². The van der Waals surface area contributed by atoms with E-state index in [1.54, 1.807) is 12.5 Å². The second kappa shape index (κ2) is 7.63. The molecule has 31 heavy (non-hydrogen) atoms. The molecule has 0 spiro atoms. The number of carbonyl (C=O) groups is 2. The van der Waals surface area contributed by atoms with Gasteiger partial charge < -0.3 is 0 Å². The van der Waals surface area contributed by atoms with Gasteiger partial charge in [-0.1, -0.05) is 42.7 Å². The molecule has 160 valence electrons. The van der Waals surface area contributed by atoms with Crippen LogP contribution in [0.5, 0.6) is 0 Å². The third kappa shape index (κ3) is 3.25. The van der Waals surface area contributed by atoms with Crippen molar-refractivity contribution in [2.45, 2.75) is 71.6 Å². The highest BCUT2D eigenvalue weighted by atomic mass is 16.1. The van der Waals surface area contributed by atoms with Crippen molar-refractivity contribution >= 4 is 11.6 Å². The summed E-state index contributed by atoms with van der Waals surface area (Å²) < 4.78 is 0. The van der Waals surface area contributed by atoms with Crippen molar-refractivity contribution in [3.05, 3.63) is 58.2 Å². The van der Waals surface area contributed by atoms with Crippen molar-refractivity contribution in [3.8, 4) is 11.8 Å². The first kappa shape index (κ1) is 20.5. The minimum atomic E-state index is 0.116. The fourth-order valence-electron chi connectivity index (χ4n) is 7.32. The maximum Gasteiger partial charge on any atom is 0.159 e. The van der Waals surface area contributed by atoms with Crippen molar-refractivity contribution in [2.75, 3.05) is 0 Å². The lowest BCUT2D eigenvalue weighted by Gasteiger charge is -2.52. The maximum atomic E-state index is 12.1. The van der Waals surface area contributed by atoms with Crippen molar-refractivity contribution < 1.29 is 9.59 Å². The number of fused-ring (bicyclic) bond motifs is 4. The van der Waals surface area contributed by atoms with E-state index in [0.717, 1.165) is 31.2 Å². The van der Waals surface area contributed by atoms with Gasteiger partial charge in [0.25, 0.3) is 0 Å². The van der Waals surface area contributed by atoms with Crippen LogP contribution in [0.2, 0.25) is 0 Å². The Bertz CT molecular complexity index is 1060. The predicted octanol–water partition coefficient (Wildman–Crippen LogP) is 6.43. The highest BCUT2D eigenvalue weighted by molar-refractivity contribution is 5.94. The van der Waals surface area contributed by atoms with Crippen LogP contribution in [0.4, 0.5) is 0 Å². The van der Waals surface area contributed by atoms with Crippen LogP contribution in [0, 0.1) is 35.0 Å². The van der Waals surface area contributed by atoms with Crippen LogP contribution in [-0.2, 0) is 4.79 Å². The average molecular weight is 413 g/mol. The first-order chi connectivity index (χ1) is 14.9. The highest BCUT2D eigenvalue weighted by Gasteiger charge is 2.56. The monoisotopic (exact) mass is 412 g/mol. The van der Waals surface area contributed by atoms with Gasteiger partial charge in [-0.25, -0.2) is 0 Å². The molecule has 2 fully saturated rings. The van der Waals surface area contributed by atoms with Crippen molar-refractivity contribution in [1.29, 1.82) is 0 Å². The SMILES string of the molecule is CC#C[C@H]1CC[C@H]2[C@@H]3CCC4=CC(=O)CCC4=C3[C@@H](c3ccc(C(C)=O)cc3)C[C@]12C. The molecule has 0 bridgehead atoms. The summed E-state index contributed by atoms with van der Waals surface area (Å²) in [4.78, 5) is 24.0. The average Bonchev–Trinajstić information content (AvgIpc) is 3.09. The van der Waals surface area contributed by atoms with Crippen LogP contribution in [0.15, 0.2) is 47.1 Å². The molecule has 0 aliphatic heterocycles. The van der Waals surface area contributed by atoms with Gasteiger partial charge in [0.1, 0.15) is 0 Å². The van der Waals surface area contributed by atoms with Crippen LogP contribution in [0.25, 0.3) is 0 Å². The highest BCUT2D eigenvalue weighted by Crippen LogP contribution is 2.65. The molecule has 5 atom stereocenters. The number of rotatable bonds is 2. The summed E-state index contributed by atoms with van der Waals surface area (Å²) >= 11 is 0. The molecule has 2 nitrogen and oxygen atoms in total. The maximum absolute atomic E-state index is 12.1. The first-order valence-electron chi connectivity index (χ1n) is 11.9. The van der Waals surface area contributed by atoms with Gasteiger partial charge >= 0.3 is 0 Å². The van der Waals surface area contributed by atoms with Gasteiger partial charge in [-0.15, -0.1) is 5.92 Å². The van der Waals surface area contributed by atoms with Gasteiger partial charge in [0.15, 0.2) is 11.6 Å². The molecule has 4 aliphatic carbocycles. The van der Waals surface area contributed by atoms with E-state index in [2.05, 4.69) is 30.9 Å². The molecule has 0 N–H and O–H groups in total. The Morgan fingerprint density at radius 3 is 2.55 bits per heavy atom. The number of allylic oxidation sites excluding steroid dienone is 4. The molecular weight excluding hydrogens is 380 g/mol. The minimum Gasteiger partial charge on any atom is -0.295 e. The van der Waals surface area contributed by atoms with E-state index in [1.807, 2.05) is 25.1 Å². The normalized spacial score (nSPS) is 34.2. The smallest absolute Gasteiger partial charge is 0.159 e. The van der Waals surface area contributed by atoms with Crippen LogP contribution < -0.4 is 0 Å². The molecule has 0 aromatic heterocycles. The minimum absolute atomic E-state index is 0.116. The summed E-state index contributed by atoms with van der Waals surface area (Å²) in [7, 11) is 0. The van der Waals surface area contributed by atoms with Crippen molar-refractivity contribution in [1.82, 2.24) is 0 Å². The van der Waals surface area contributed by atoms with Crippen LogP contribution in [0.1, 0.15) is 87.6 Å². The Morgan fingerprint density at radius 1 is 1.06 bits per heavy atom. The Morgan fingerprint density at radius 2 is 1.84 bits per heavy atom.